The molecular weight excluding hydrogens is 258 g/mol. The van der Waals surface area contributed by atoms with E-state index in [0.717, 1.165) is 5.56 Å². The van der Waals surface area contributed by atoms with Gasteiger partial charge in [0.1, 0.15) is 6.61 Å². The minimum absolute atomic E-state index is 0.233. The van der Waals surface area contributed by atoms with Crippen LogP contribution in [0.25, 0.3) is 0 Å². The Balaban J connectivity index is 2.06. The fraction of sp³-hybridized carbons (Fsp3) is 0.333. The molecule has 0 saturated heterocycles. The predicted octanol–water partition coefficient (Wildman–Crippen LogP) is 2.42. The Bertz CT molecular complexity index is 456. The normalized spacial score (nSPS) is 9.65. The Hall–Kier alpha value is -2.30. The van der Waals surface area contributed by atoms with Gasteiger partial charge in [0.25, 0.3) is 0 Å². The second-order valence-electron chi connectivity index (χ2n) is 4.26. The molecule has 0 atom stereocenters. The number of esters is 1. The number of hydrogen-bond acceptors (Lipinski definition) is 4. The van der Waals surface area contributed by atoms with Gasteiger partial charge in [-0.25, -0.2) is 9.59 Å². The number of benzene rings is 1. The summed E-state index contributed by atoms with van der Waals surface area (Å²) < 4.78 is 9.91. The van der Waals surface area contributed by atoms with Gasteiger partial charge in [0.15, 0.2) is 0 Å². The van der Waals surface area contributed by atoms with E-state index in [-0.39, 0.29) is 13.2 Å². The highest BCUT2D eigenvalue weighted by atomic mass is 16.5. The van der Waals surface area contributed by atoms with Gasteiger partial charge in [-0.1, -0.05) is 36.9 Å². The van der Waals surface area contributed by atoms with E-state index in [4.69, 9.17) is 9.47 Å². The lowest BCUT2D eigenvalue weighted by molar-refractivity contribution is -0.138. The van der Waals surface area contributed by atoms with Gasteiger partial charge in [-0.05, 0) is 18.9 Å². The van der Waals surface area contributed by atoms with Crippen LogP contribution in [-0.4, -0.2) is 25.2 Å². The molecule has 0 heterocycles. The highest BCUT2D eigenvalue weighted by Gasteiger charge is 2.04. The lowest BCUT2D eigenvalue weighted by Crippen LogP contribution is -2.26. The first-order chi connectivity index (χ1) is 9.59. The third kappa shape index (κ3) is 6.58. The van der Waals surface area contributed by atoms with E-state index in [1.165, 1.54) is 0 Å². The summed E-state index contributed by atoms with van der Waals surface area (Å²) in [6, 6.07) is 9.42. The number of ether oxygens (including phenoxy) is 2. The van der Waals surface area contributed by atoms with Crippen molar-refractivity contribution in [2.24, 2.45) is 0 Å². The average Bonchev–Trinajstić information content (AvgIpc) is 2.45. The summed E-state index contributed by atoms with van der Waals surface area (Å²) in [5.74, 6) is -0.420. The summed E-state index contributed by atoms with van der Waals surface area (Å²) in [4.78, 5) is 22.4. The van der Waals surface area contributed by atoms with Crippen molar-refractivity contribution in [1.29, 1.82) is 0 Å². The van der Waals surface area contributed by atoms with Gasteiger partial charge in [-0.3, -0.25) is 0 Å². The molecule has 1 amide bonds. The van der Waals surface area contributed by atoms with Crippen molar-refractivity contribution in [3.63, 3.8) is 0 Å². The Kier molecular flexibility index (Phi) is 6.89. The van der Waals surface area contributed by atoms with E-state index in [1.807, 2.05) is 30.3 Å². The van der Waals surface area contributed by atoms with E-state index in [0.29, 0.717) is 18.5 Å². The van der Waals surface area contributed by atoms with Crippen LogP contribution in [0.15, 0.2) is 42.5 Å². The van der Waals surface area contributed by atoms with E-state index in [1.54, 1.807) is 6.92 Å². The zero-order valence-electron chi connectivity index (χ0n) is 11.6. The summed E-state index contributed by atoms with van der Waals surface area (Å²) in [6.45, 7) is 5.92. The van der Waals surface area contributed by atoms with Crippen LogP contribution >= 0.6 is 0 Å². The molecular formula is C15H19NO4. The molecule has 5 heteroatoms. The zero-order valence-corrected chi connectivity index (χ0v) is 11.6. The van der Waals surface area contributed by atoms with Crippen molar-refractivity contribution in [2.45, 2.75) is 20.0 Å². The summed E-state index contributed by atoms with van der Waals surface area (Å²) in [7, 11) is 0. The molecule has 0 aliphatic carbocycles. The molecule has 0 unspecified atom stereocenters. The van der Waals surface area contributed by atoms with Crippen LogP contribution in [0.1, 0.15) is 18.9 Å². The molecule has 1 rings (SSSR count). The fourth-order valence-corrected chi connectivity index (χ4v) is 1.32. The number of nitrogens with one attached hydrogen (secondary N) is 1. The van der Waals surface area contributed by atoms with E-state index in [2.05, 4.69) is 11.9 Å². The van der Waals surface area contributed by atoms with Crippen LogP contribution in [0.4, 0.5) is 4.79 Å². The third-order valence-corrected chi connectivity index (χ3v) is 2.38. The molecule has 1 N–H and O–H groups in total. The topological polar surface area (TPSA) is 64.6 Å². The number of hydrogen-bond donors (Lipinski definition) is 1. The van der Waals surface area contributed by atoms with Gasteiger partial charge in [-0.15, -0.1) is 0 Å². The summed E-state index contributed by atoms with van der Waals surface area (Å²) in [5.41, 5.74) is 1.29. The van der Waals surface area contributed by atoms with Crippen LogP contribution in [0.3, 0.4) is 0 Å². The predicted molar refractivity (Wildman–Crippen MR) is 75.0 cm³/mol. The smallest absolute Gasteiger partial charge is 0.407 e. The largest absolute Gasteiger partial charge is 0.462 e. The van der Waals surface area contributed by atoms with Gasteiger partial charge in [0.05, 0.1) is 6.61 Å². The standard InChI is InChI=1S/C15H19NO4/c1-12(2)14(17)19-10-6-9-16-15(18)20-11-13-7-4-3-5-8-13/h3-5,7-8H,1,6,9-11H2,2H3,(H,16,18). The second kappa shape index (κ2) is 8.74. The molecule has 0 aliphatic heterocycles. The quantitative estimate of drug-likeness (QED) is 0.472. The van der Waals surface area contributed by atoms with E-state index in [9.17, 15) is 9.59 Å². The van der Waals surface area contributed by atoms with Crippen LogP contribution in [0.2, 0.25) is 0 Å². The van der Waals surface area contributed by atoms with Crippen LogP contribution in [0, 0.1) is 0 Å². The van der Waals surface area contributed by atoms with Gasteiger partial charge in [0.2, 0.25) is 0 Å². The van der Waals surface area contributed by atoms with Crippen molar-refractivity contribution < 1.29 is 19.1 Å². The first-order valence-electron chi connectivity index (χ1n) is 6.37. The Morgan fingerprint density at radius 1 is 1.20 bits per heavy atom. The van der Waals surface area contributed by atoms with Crippen LogP contribution in [-0.2, 0) is 20.9 Å². The van der Waals surface area contributed by atoms with Gasteiger partial charge >= 0.3 is 12.1 Å². The Morgan fingerprint density at radius 2 is 1.90 bits per heavy atom. The van der Waals surface area contributed by atoms with Crippen molar-refractivity contribution in [2.75, 3.05) is 13.2 Å². The van der Waals surface area contributed by atoms with Crippen molar-refractivity contribution >= 4 is 12.1 Å². The number of carbonyl (C=O) groups is 2. The number of amides is 1. The summed E-state index contributed by atoms with van der Waals surface area (Å²) in [6.07, 6.45) is 0.0412. The first kappa shape index (κ1) is 15.8. The molecule has 5 nitrogen and oxygen atoms in total. The SMILES string of the molecule is C=C(C)C(=O)OCCCNC(=O)OCc1ccccc1. The molecule has 0 aromatic heterocycles. The number of rotatable bonds is 7. The maximum Gasteiger partial charge on any atom is 0.407 e. The Labute approximate surface area is 118 Å². The molecule has 0 fully saturated rings. The van der Waals surface area contributed by atoms with Gasteiger partial charge < -0.3 is 14.8 Å². The molecule has 1 aromatic carbocycles. The van der Waals surface area contributed by atoms with Crippen molar-refractivity contribution in [1.82, 2.24) is 5.32 Å². The van der Waals surface area contributed by atoms with Gasteiger partial charge in [-0.2, -0.15) is 0 Å². The molecule has 0 spiro atoms. The minimum Gasteiger partial charge on any atom is -0.462 e. The minimum atomic E-state index is -0.486. The van der Waals surface area contributed by atoms with E-state index < -0.39 is 12.1 Å². The molecule has 0 aliphatic rings. The monoisotopic (exact) mass is 277 g/mol. The highest BCUT2D eigenvalue weighted by molar-refractivity contribution is 5.86. The average molecular weight is 277 g/mol. The lowest BCUT2D eigenvalue weighted by atomic mass is 10.2. The lowest BCUT2D eigenvalue weighted by Gasteiger charge is -2.07. The first-order valence-corrected chi connectivity index (χ1v) is 6.37. The molecule has 108 valence electrons. The maximum atomic E-state index is 11.4. The molecule has 0 radical (unpaired) electrons. The summed E-state index contributed by atoms with van der Waals surface area (Å²) >= 11 is 0. The van der Waals surface area contributed by atoms with Crippen molar-refractivity contribution in [3.05, 3.63) is 48.0 Å². The fourth-order valence-electron chi connectivity index (χ4n) is 1.32. The Morgan fingerprint density at radius 3 is 2.55 bits per heavy atom. The maximum absolute atomic E-state index is 11.4. The highest BCUT2D eigenvalue weighted by Crippen LogP contribution is 2.00. The zero-order chi connectivity index (χ0) is 14.8. The number of alkyl carbamates (subject to hydrolysis) is 1. The third-order valence-electron chi connectivity index (χ3n) is 2.38. The molecule has 1 aromatic rings. The molecule has 20 heavy (non-hydrogen) atoms. The number of carbonyl (C=O) groups excluding carboxylic acids is 2. The molecule has 0 bridgehead atoms. The molecule has 0 saturated carbocycles. The van der Waals surface area contributed by atoms with Crippen LogP contribution < -0.4 is 5.32 Å². The van der Waals surface area contributed by atoms with Gasteiger partial charge in [0, 0.05) is 12.1 Å². The van der Waals surface area contributed by atoms with Crippen LogP contribution in [0.5, 0.6) is 0 Å². The van der Waals surface area contributed by atoms with Crippen molar-refractivity contribution in [3.8, 4) is 0 Å². The summed E-state index contributed by atoms with van der Waals surface area (Å²) in [5, 5.41) is 2.58. The second-order valence-corrected chi connectivity index (χ2v) is 4.26. The van der Waals surface area contributed by atoms with E-state index >= 15 is 0 Å².